The molecule has 4 aromatic carbocycles. The SMILES string of the molecule is CCCCCC1CCC(c2ccc(C(F)(F)Oc3ccc(-c4ccc(-c5cc(F)c(SCC)c(F)c5)c(F)c4)c(F)c3)c(F)c2)CC1. The number of rotatable bonds is 12. The number of hydrogen-bond donors (Lipinski definition) is 0. The fraction of sp³-hybridized carbons (Fsp3) is 0.368. The highest BCUT2D eigenvalue weighted by Crippen LogP contribution is 2.41. The van der Waals surface area contributed by atoms with Gasteiger partial charge in [0.05, 0.1) is 10.5 Å². The summed E-state index contributed by atoms with van der Waals surface area (Å²) < 4.78 is 109. The molecule has 0 unspecified atom stereocenters. The van der Waals surface area contributed by atoms with E-state index < -0.39 is 46.5 Å². The second-order valence-electron chi connectivity index (χ2n) is 12.1. The van der Waals surface area contributed by atoms with Gasteiger partial charge in [0.1, 0.15) is 34.8 Å². The van der Waals surface area contributed by atoms with Gasteiger partial charge in [0.25, 0.3) is 0 Å². The maximum absolute atomic E-state index is 15.1. The lowest BCUT2D eigenvalue weighted by Crippen LogP contribution is -2.24. The van der Waals surface area contributed by atoms with Crippen LogP contribution in [0.4, 0.5) is 30.7 Å². The van der Waals surface area contributed by atoms with Gasteiger partial charge >= 0.3 is 6.11 Å². The van der Waals surface area contributed by atoms with Gasteiger partial charge in [-0.1, -0.05) is 57.7 Å². The first kappa shape index (κ1) is 34.9. The number of ether oxygens (including phenoxy) is 1. The zero-order chi connectivity index (χ0) is 33.7. The van der Waals surface area contributed by atoms with E-state index in [1.54, 1.807) is 6.92 Å². The maximum Gasteiger partial charge on any atom is 0.429 e. The number of unbranched alkanes of at least 4 members (excludes halogenated alkanes) is 2. The van der Waals surface area contributed by atoms with Crippen LogP contribution < -0.4 is 4.74 Å². The van der Waals surface area contributed by atoms with E-state index in [9.17, 15) is 8.78 Å². The molecule has 4 aromatic rings. The number of hydrogen-bond acceptors (Lipinski definition) is 2. The minimum atomic E-state index is -4.09. The van der Waals surface area contributed by atoms with Crippen molar-refractivity contribution in [2.24, 2.45) is 5.92 Å². The summed E-state index contributed by atoms with van der Waals surface area (Å²) in [5.41, 5.74) is -0.438. The molecule has 1 saturated carbocycles. The van der Waals surface area contributed by atoms with Crippen molar-refractivity contribution in [3.05, 3.63) is 107 Å². The standard InChI is InChI=1S/C38H37F7OS/c1-3-5-6-7-23-8-10-24(11-9-23)25-13-17-31(34(41)18-25)38(44,45)46-28-14-16-29(33(40)22-28)26-12-15-30(32(39)19-26)27-20-35(42)37(47-4-2)36(43)21-27/h12-24H,3-11H2,1-2H3. The zero-order valence-corrected chi connectivity index (χ0v) is 27.1. The van der Waals surface area contributed by atoms with Crippen molar-refractivity contribution in [1.82, 2.24) is 0 Å². The molecule has 1 nitrogen and oxygen atoms in total. The van der Waals surface area contributed by atoms with Crippen molar-refractivity contribution in [3.63, 3.8) is 0 Å². The molecule has 1 aliphatic carbocycles. The van der Waals surface area contributed by atoms with E-state index >= 15 is 22.0 Å². The Morgan fingerprint density at radius 3 is 1.94 bits per heavy atom. The van der Waals surface area contributed by atoms with Gasteiger partial charge in [-0.3, -0.25) is 0 Å². The van der Waals surface area contributed by atoms with Crippen LogP contribution in [0.5, 0.6) is 5.75 Å². The molecular weight excluding hydrogens is 637 g/mol. The Kier molecular flexibility index (Phi) is 11.3. The molecule has 1 aliphatic rings. The second kappa shape index (κ2) is 15.2. The average Bonchev–Trinajstić information content (AvgIpc) is 3.03. The van der Waals surface area contributed by atoms with Crippen molar-refractivity contribution in [2.75, 3.05) is 5.75 Å². The fourth-order valence-corrected chi connectivity index (χ4v) is 7.08. The Morgan fingerprint density at radius 1 is 0.681 bits per heavy atom. The topological polar surface area (TPSA) is 9.23 Å². The van der Waals surface area contributed by atoms with Crippen LogP contribution in [0.15, 0.2) is 71.6 Å². The largest absolute Gasteiger partial charge is 0.429 e. The molecule has 0 atom stereocenters. The fourth-order valence-electron chi connectivity index (χ4n) is 6.40. The number of halogens is 7. The summed E-state index contributed by atoms with van der Waals surface area (Å²) in [6.45, 7) is 3.92. The van der Waals surface area contributed by atoms with Gasteiger partial charge in [0, 0.05) is 17.2 Å². The van der Waals surface area contributed by atoms with Gasteiger partial charge < -0.3 is 4.74 Å². The number of alkyl halides is 2. The van der Waals surface area contributed by atoms with Crippen LogP contribution in [0.1, 0.15) is 82.3 Å². The predicted molar refractivity (Wildman–Crippen MR) is 173 cm³/mol. The first-order valence-electron chi connectivity index (χ1n) is 16.1. The Labute approximate surface area is 275 Å². The van der Waals surface area contributed by atoms with Crippen LogP contribution in [0.3, 0.4) is 0 Å². The lowest BCUT2D eigenvalue weighted by Gasteiger charge is -2.29. The van der Waals surface area contributed by atoms with Crippen LogP contribution in [0, 0.1) is 35.0 Å². The third-order valence-electron chi connectivity index (χ3n) is 8.91. The van der Waals surface area contributed by atoms with Crippen LogP contribution >= 0.6 is 11.8 Å². The summed E-state index contributed by atoms with van der Waals surface area (Å²) in [6, 6.07) is 12.3. The van der Waals surface area contributed by atoms with Gasteiger partial charge in [0.2, 0.25) is 0 Å². The summed E-state index contributed by atoms with van der Waals surface area (Å²) in [5, 5.41) is 0. The molecule has 0 amide bonds. The van der Waals surface area contributed by atoms with E-state index in [2.05, 4.69) is 6.92 Å². The van der Waals surface area contributed by atoms with Crippen LogP contribution in [0.25, 0.3) is 22.3 Å². The Morgan fingerprint density at radius 2 is 1.32 bits per heavy atom. The molecule has 0 radical (unpaired) electrons. The van der Waals surface area contributed by atoms with Crippen molar-refractivity contribution < 1.29 is 35.5 Å². The third-order valence-corrected chi connectivity index (χ3v) is 9.87. The first-order valence-corrected chi connectivity index (χ1v) is 17.1. The van der Waals surface area contributed by atoms with E-state index in [4.69, 9.17) is 4.74 Å². The van der Waals surface area contributed by atoms with Gasteiger partial charge in [-0.15, -0.1) is 11.8 Å². The van der Waals surface area contributed by atoms with Crippen LogP contribution in [-0.4, -0.2) is 5.75 Å². The summed E-state index contributed by atoms with van der Waals surface area (Å²) in [5.74, 6) is -3.89. The zero-order valence-electron chi connectivity index (χ0n) is 26.3. The molecular formula is C38H37F7OS. The molecule has 5 rings (SSSR count). The number of benzene rings is 4. The van der Waals surface area contributed by atoms with Crippen molar-refractivity contribution >= 4 is 11.8 Å². The second-order valence-corrected chi connectivity index (χ2v) is 13.4. The minimum Gasteiger partial charge on any atom is -0.429 e. The lowest BCUT2D eigenvalue weighted by atomic mass is 9.77. The Balaban J connectivity index is 1.27. The molecule has 0 spiro atoms. The lowest BCUT2D eigenvalue weighted by molar-refractivity contribution is -0.187. The molecule has 250 valence electrons. The first-order chi connectivity index (χ1) is 22.5. The van der Waals surface area contributed by atoms with Crippen molar-refractivity contribution in [2.45, 2.75) is 82.1 Å². The van der Waals surface area contributed by atoms with Gasteiger partial charge in [-0.05, 0) is 102 Å². The summed E-state index contributed by atoms with van der Waals surface area (Å²) in [4.78, 5) is -0.159. The monoisotopic (exact) mass is 674 g/mol. The van der Waals surface area contributed by atoms with E-state index in [1.807, 2.05) is 0 Å². The minimum absolute atomic E-state index is 0.0265. The third kappa shape index (κ3) is 8.16. The number of thioether (sulfide) groups is 1. The average molecular weight is 675 g/mol. The van der Waals surface area contributed by atoms with Crippen molar-refractivity contribution in [1.29, 1.82) is 0 Å². The molecule has 0 saturated heterocycles. The van der Waals surface area contributed by atoms with Gasteiger partial charge in [-0.2, -0.15) is 8.78 Å². The van der Waals surface area contributed by atoms with Crippen molar-refractivity contribution in [3.8, 4) is 28.0 Å². The predicted octanol–water partition coefficient (Wildman–Crippen LogP) is 12.8. The van der Waals surface area contributed by atoms with Gasteiger partial charge in [-0.25, -0.2) is 22.0 Å². The van der Waals surface area contributed by atoms with Crippen LogP contribution in [-0.2, 0) is 6.11 Å². The van der Waals surface area contributed by atoms with E-state index in [1.165, 1.54) is 43.9 Å². The summed E-state index contributed by atoms with van der Waals surface area (Å²) >= 11 is 0.988. The highest BCUT2D eigenvalue weighted by molar-refractivity contribution is 7.99. The molecule has 0 aliphatic heterocycles. The normalized spacial score (nSPS) is 16.8. The van der Waals surface area contributed by atoms with Gasteiger partial charge in [0.15, 0.2) is 0 Å². The molecule has 0 heterocycles. The maximum atomic E-state index is 15.1. The smallest absolute Gasteiger partial charge is 0.429 e. The molecule has 0 bridgehead atoms. The highest BCUT2D eigenvalue weighted by atomic mass is 32.2. The molecule has 0 N–H and O–H groups in total. The Bertz CT molecular complexity index is 1670. The molecule has 9 heteroatoms. The molecule has 0 aromatic heterocycles. The Hall–Kier alpha value is -3.46. The summed E-state index contributed by atoms with van der Waals surface area (Å²) in [6.07, 6.45) is 4.59. The molecule has 1 fully saturated rings. The van der Waals surface area contributed by atoms with E-state index in [-0.39, 0.29) is 33.1 Å². The van der Waals surface area contributed by atoms with Crippen LogP contribution in [0.2, 0.25) is 0 Å². The summed E-state index contributed by atoms with van der Waals surface area (Å²) in [7, 11) is 0. The quantitative estimate of drug-likeness (QED) is 0.0840. The highest BCUT2D eigenvalue weighted by Gasteiger charge is 2.38. The van der Waals surface area contributed by atoms with E-state index in [0.717, 1.165) is 86.0 Å². The molecule has 47 heavy (non-hydrogen) atoms. The van der Waals surface area contributed by atoms with E-state index in [0.29, 0.717) is 17.2 Å².